The number of ketones is 1. The van der Waals surface area contributed by atoms with Gasteiger partial charge < -0.3 is 0 Å². The number of sulfone groups is 1. The first-order valence-electron chi connectivity index (χ1n) is 5.77. The topological polar surface area (TPSA) is 51.2 Å². The lowest BCUT2D eigenvalue weighted by atomic mass is 10.1. The van der Waals surface area contributed by atoms with E-state index in [0.29, 0.717) is 4.47 Å². The first kappa shape index (κ1) is 15.8. The largest absolute Gasteiger partial charge is 0.293 e. The van der Waals surface area contributed by atoms with Crippen molar-refractivity contribution in [2.45, 2.75) is 4.90 Å². The van der Waals surface area contributed by atoms with Gasteiger partial charge in [-0.2, -0.15) is 0 Å². The highest BCUT2D eigenvalue weighted by molar-refractivity contribution is 9.10. The fourth-order valence-corrected chi connectivity index (χ4v) is 3.21. The van der Waals surface area contributed by atoms with E-state index in [1.54, 1.807) is 0 Å². The van der Waals surface area contributed by atoms with E-state index in [1.165, 1.54) is 24.3 Å². The monoisotopic (exact) mass is 374 g/mol. The summed E-state index contributed by atoms with van der Waals surface area (Å²) in [7, 11) is -3.96. The van der Waals surface area contributed by atoms with E-state index in [2.05, 4.69) is 15.9 Å². The van der Waals surface area contributed by atoms with Crippen LogP contribution in [0.15, 0.2) is 51.8 Å². The van der Waals surface area contributed by atoms with Crippen LogP contribution in [-0.2, 0) is 9.84 Å². The maximum absolute atomic E-state index is 13.5. The van der Waals surface area contributed by atoms with Crippen molar-refractivity contribution < 1.29 is 22.0 Å². The van der Waals surface area contributed by atoms with Gasteiger partial charge in [-0.15, -0.1) is 0 Å². The van der Waals surface area contributed by atoms with Crippen LogP contribution in [0.5, 0.6) is 0 Å². The Labute approximate surface area is 128 Å². The molecule has 0 saturated heterocycles. The van der Waals surface area contributed by atoms with Crippen LogP contribution in [0.3, 0.4) is 0 Å². The lowest BCUT2D eigenvalue weighted by Gasteiger charge is -2.06. The summed E-state index contributed by atoms with van der Waals surface area (Å²) in [5.74, 6) is -4.27. The third-order valence-electron chi connectivity index (χ3n) is 2.74. The average molecular weight is 375 g/mol. The summed E-state index contributed by atoms with van der Waals surface area (Å²) in [6.45, 7) is 0. The van der Waals surface area contributed by atoms with Crippen molar-refractivity contribution in [3.05, 3.63) is 64.1 Å². The number of hydrogen-bond acceptors (Lipinski definition) is 3. The van der Waals surface area contributed by atoms with E-state index in [-0.39, 0.29) is 4.90 Å². The van der Waals surface area contributed by atoms with Gasteiger partial charge in [-0.25, -0.2) is 17.2 Å². The van der Waals surface area contributed by atoms with E-state index in [9.17, 15) is 22.0 Å². The lowest BCUT2D eigenvalue weighted by molar-refractivity contribution is 0.101. The molecule has 0 atom stereocenters. The highest BCUT2D eigenvalue weighted by Gasteiger charge is 2.24. The van der Waals surface area contributed by atoms with Crippen LogP contribution < -0.4 is 0 Å². The standard InChI is InChI=1S/C14H9BrF2O3S/c15-9-4-6-10(7-5-9)21(19,20)8-13(18)14-11(16)2-1-3-12(14)17/h1-7H,8H2. The van der Waals surface area contributed by atoms with E-state index in [1.807, 2.05) is 0 Å². The lowest BCUT2D eigenvalue weighted by Crippen LogP contribution is -2.18. The molecule has 0 aliphatic carbocycles. The summed E-state index contributed by atoms with van der Waals surface area (Å²) in [5.41, 5.74) is -0.835. The Morgan fingerprint density at radius 2 is 1.52 bits per heavy atom. The van der Waals surface area contributed by atoms with E-state index in [0.717, 1.165) is 18.2 Å². The molecule has 0 spiro atoms. The molecule has 0 heterocycles. The SMILES string of the molecule is O=C(CS(=O)(=O)c1ccc(Br)cc1)c1c(F)cccc1F. The van der Waals surface area contributed by atoms with Gasteiger partial charge in [-0.05, 0) is 36.4 Å². The smallest absolute Gasteiger partial charge is 0.185 e. The Morgan fingerprint density at radius 1 is 1.00 bits per heavy atom. The molecule has 0 fully saturated rings. The van der Waals surface area contributed by atoms with Crippen molar-refractivity contribution >= 4 is 31.6 Å². The maximum Gasteiger partial charge on any atom is 0.185 e. The van der Waals surface area contributed by atoms with Crippen LogP contribution in [0.2, 0.25) is 0 Å². The van der Waals surface area contributed by atoms with Crippen molar-refractivity contribution in [2.75, 3.05) is 5.75 Å². The second-order valence-electron chi connectivity index (χ2n) is 4.23. The molecule has 0 aliphatic heterocycles. The quantitative estimate of drug-likeness (QED) is 0.770. The van der Waals surface area contributed by atoms with Gasteiger partial charge in [-0.1, -0.05) is 22.0 Å². The normalized spacial score (nSPS) is 11.4. The summed E-state index contributed by atoms with van der Waals surface area (Å²) in [6, 6.07) is 8.53. The summed E-state index contributed by atoms with van der Waals surface area (Å²) < 4.78 is 51.8. The number of Topliss-reactive ketones (excluding diaryl/α,β-unsaturated/α-hetero) is 1. The van der Waals surface area contributed by atoms with E-state index < -0.39 is 38.6 Å². The molecule has 0 radical (unpaired) electrons. The molecular formula is C14H9BrF2O3S. The van der Waals surface area contributed by atoms with Crippen molar-refractivity contribution in [3.8, 4) is 0 Å². The highest BCUT2D eigenvalue weighted by atomic mass is 79.9. The number of benzene rings is 2. The molecule has 7 heteroatoms. The number of hydrogen-bond donors (Lipinski definition) is 0. The number of carbonyl (C=O) groups excluding carboxylic acids is 1. The van der Waals surface area contributed by atoms with Crippen molar-refractivity contribution in [1.29, 1.82) is 0 Å². The van der Waals surface area contributed by atoms with Gasteiger partial charge in [0.05, 0.1) is 10.5 Å². The Balaban J connectivity index is 2.33. The van der Waals surface area contributed by atoms with E-state index in [4.69, 9.17) is 0 Å². The van der Waals surface area contributed by atoms with Crippen LogP contribution >= 0.6 is 15.9 Å². The van der Waals surface area contributed by atoms with Gasteiger partial charge in [0.2, 0.25) is 0 Å². The summed E-state index contributed by atoms with van der Waals surface area (Å²) in [5, 5.41) is 0. The van der Waals surface area contributed by atoms with Crippen LogP contribution in [0.1, 0.15) is 10.4 Å². The Hall–Kier alpha value is -1.60. The Bertz CT molecular complexity index is 766. The zero-order valence-corrected chi connectivity index (χ0v) is 12.9. The minimum absolute atomic E-state index is 0.0872. The first-order chi connectivity index (χ1) is 9.81. The molecule has 0 bridgehead atoms. The molecule has 2 aromatic rings. The molecular weight excluding hydrogens is 366 g/mol. The molecule has 21 heavy (non-hydrogen) atoms. The van der Waals surface area contributed by atoms with Crippen LogP contribution in [0.25, 0.3) is 0 Å². The summed E-state index contributed by atoms with van der Waals surface area (Å²) in [6.07, 6.45) is 0. The van der Waals surface area contributed by atoms with Crippen LogP contribution in [-0.4, -0.2) is 20.0 Å². The number of halogens is 3. The molecule has 110 valence electrons. The fraction of sp³-hybridized carbons (Fsp3) is 0.0714. The minimum Gasteiger partial charge on any atom is -0.293 e. The Morgan fingerprint density at radius 3 is 2.05 bits per heavy atom. The summed E-state index contributed by atoms with van der Waals surface area (Å²) in [4.78, 5) is 11.8. The molecule has 3 nitrogen and oxygen atoms in total. The van der Waals surface area contributed by atoms with Crippen LogP contribution in [0, 0.1) is 11.6 Å². The third kappa shape index (κ3) is 3.54. The van der Waals surface area contributed by atoms with Gasteiger partial charge in [0.1, 0.15) is 17.4 Å². The molecule has 0 aromatic heterocycles. The molecule has 2 rings (SSSR count). The second kappa shape index (κ2) is 6.03. The fourth-order valence-electron chi connectivity index (χ4n) is 1.73. The Kier molecular flexibility index (Phi) is 4.53. The van der Waals surface area contributed by atoms with Crippen molar-refractivity contribution in [2.24, 2.45) is 0 Å². The van der Waals surface area contributed by atoms with Crippen molar-refractivity contribution in [1.82, 2.24) is 0 Å². The molecule has 0 unspecified atom stereocenters. The zero-order chi connectivity index (χ0) is 15.6. The summed E-state index contributed by atoms with van der Waals surface area (Å²) >= 11 is 3.16. The van der Waals surface area contributed by atoms with Gasteiger partial charge in [0.25, 0.3) is 0 Å². The van der Waals surface area contributed by atoms with Gasteiger partial charge in [0.15, 0.2) is 15.6 Å². The van der Waals surface area contributed by atoms with Gasteiger partial charge in [0, 0.05) is 4.47 Å². The predicted octanol–water partition coefficient (Wildman–Crippen LogP) is 3.38. The highest BCUT2D eigenvalue weighted by Crippen LogP contribution is 2.19. The molecule has 0 amide bonds. The molecule has 0 saturated carbocycles. The third-order valence-corrected chi connectivity index (χ3v) is 4.90. The van der Waals surface area contributed by atoms with Crippen molar-refractivity contribution in [3.63, 3.8) is 0 Å². The van der Waals surface area contributed by atoms with E-state index >= 15 is 0 Å². The van der Waals surface area contributed by atoms with Gasteiger partial charge >= 0.3 is 0 Å². The number of carbonyl (C=O) groups is 1. The molecule has 0 N–H and O–H groups in total. The number of rotatable bonds is 4. The predicted molar refractivity (Wildman–Crippen MR) is 76.9 cm³/mol. The second-order valence-corrected chi connectivity index (χ2v) is 7.14. The maximum atomic E-state index is 13.5. The molecule has 2 aromatic carbocycles. The zero-order valence-electron chi connectivity index (χ0n) is 10.5. The first-order valence-corrected chi connectivity index (χ1v) is 8.21. The van der Waals surface area contributed by atoms with Gasteiger partial charge in [-0.3, -0.25) is 4.79 Å². The average Bonchev–Trinajstić information content (AvgIpc) is 2.38. The molecule has 0 aliphatic rings. The van der Waals surface area contributed by atoms with Crippen LogP contribution in [0.4, 0.5) is 8.78 Å². The minimum atomic E-state index is -3.96.